The monoisotopic (exact) mass is 496 g/mol. The first-order chi connectivity index (χ1) is 16.5. The van der Waals surface area contributed by atoms with Crippen LogP contribution in [0.15, 0.2) is 51.7 Å². The summed E-state index contributed by atoms with van der Waals surface area (Å²) in [5, 5.41) is 9.14. The predicted octanol–water partition coefficient (Wildman–Crippen LogP) is 3.26. The normalized spacial score (nSPS) is 11.6. The molecule has 3 rings (SSSR count). The van der Waals surface area contributed by atoms with E-state index in [4.69, 9.17) is 5.73 Å². The van der Waals surface area contributed by atoms with Crippen molar-refractivity contribution in [2.45, 2.75) is 57.8 Å². The number of ketones is 1. The molecule has 0 bridgehead atoms. The van der Waals surface area contributed by atoms with Crippen LogP contribution >= 0.6 is 11.8 Å². The first-order valence-corrected chi connectivity index (χ1v) is 12.4. The van der Waals surface area contributed by atoms with Gasteiger partial charge in [0.2, 0.25) is 0 Å². The van der Waals surface area contributed by atoms with E-state index in [9.17, 15) is 14.4 Å². The van der Waals surface area contributed by atoms with Gasteiger partial charge in [-0.1, -0.05) is 69.8 Å². The molecule has 9 nitrogen and oxygen atoms in total. The number of aromatic nitrogens is 5. The van der Waals surface area contributed by atoms with Crippen molar-refractivity contribution in [1.82, 2.24) is 23.9 Å². The van der Waals surface area contributed by atoms with E-state index in [0.29, 0.717) is 30.5 Å². The van der Waals surface area contributed by atoms with Gasteiger partial charge in [-0.3, -0.25) is 23.3 Å². The summed E-state index contributed by atoms with van der Waals surface area (Å²) in [7, 11) is 1.35. The van der Waals surface area contributed by atoms with E-state index < -0.39 is 17.0 Å². The number of hydrogen-bond donors (Lipinski definition) is 1. The summed E-state index contributed by atoms with van der Waals surface area (Å²) in [5.74, 6) is 0.00861. The average Bonchev–Trinajstić information content (AvgIpc) is 3.21. The molecule has 0 fully saturated rings. The number of nitrogens with zero attached hydrogens (tertiary/aromatic N) is 5. The fourth-order valence-corrected chi connectivity index (χ4v) is 4.53. The molecule has 0 amide bonds. The van der Waals surface area contributed by atoms with E-state index in [-0.39, 0.29) is 22.5 Å². The SMILES string of the molecule is C=CCn1c(SCC(=O)c2c(N)n(CCC)c(=O)n(C)c2=O)nnc1-c1ccc(C(C)(C)C)cc1. The molecule has 35 heavy (non-hydrogen) atoms. The summed E-state index contributed by atoms with van der Waals surface area (Å²) < 4.78 is 4.05. The number of thioether (sulfide) groups is 1. The Bertz CT molecular complexity index is 1360. The van der Waals surface area contributed by atoms with E-state index in [0.717, 1.165) is 21.9 Å². The minimum atomic E-state index is -0.697. The van der Waals surface area contributed by atoms with Gasteiger partial charge in [0, 0.05) is 25.7 Å². The van der Waals surface area contributed by atoms with Crippen LogP contribution in [0.1, 0.15) is 50.0 Å². The highest BCUT2D eigenvalue weighted by molar-refractivity contribution is 7.99. The maximum atomic E-state index is 13.0. The fourth-order valence-electron chi connectivity index (χ4n) is 3.71. The number of benzene rings is 1. The van der Waals surface area contributed by atoms with Gasteiger partial charge in [-0.2, -0.15) is 0 Å². The number of carbonyl (C=O) groups is 1. The third-order valence-corrected chi connectivity index (χ3v) is 6.65. The van der Waals surface area contributed by atoms with Gasteiger partial charge < -0.3 is 5.73 Å². The maximum absolute atomic E-state index is 13.0. The lowest BCUT2D eigenvalue weighted by Crippen LogP contribution is -2.42. The summed E-state index contributed by atoms with van der Waals surface area (Å²) in [5.41, 5.74) is 6.81. The van der Waals surface area contributed by atoms with Crippen LogP contribution < -0.4 is 17.0 Å². The maximum Gasteiger partial charge on any atom is 0.332 e. The quantitative estimate of drug-likeness (QED) is 0.274. The Morgan fingerprint density at radius 3 is 2.37 bits per heavy atom. The van der Waals surface area contributed by atoms with Crippen molar-refractivity contribution in [1.29, 1.82) is 0 Å². The molecule has 2 heterocycles. The zero-order valence-corrected chi connectivity index (χ0v) is 21.7. The summed E-state index contributed by atoms with van der Waals surface area (Å²) in [4.78, 5) is 38.1. The Balaban J connectivity index is 1.91. The highest BCUT2D eigenvalue weighted by Gasteiger charge is 2.23. The van der Waals surface area contributed by atoms with E-state index in [1.807, 2.05) is 23.6 Å². The molecule has 0 saturated heterocycles. The molecule has 3 aromatic rings. The van der Waals surface area contributed by atoms with Crippen LogP contribution in [-0.4, -0.2) is 35.4 Å². The summed E-state index contributed by atoms with van der Waals surface area (Å²) in [6.07, 6.45) is 2.37. The predicted molar refractivity (Wildman–Crippen MR) is 140 cm³/mol. The van der Waals surface area contributed by atoms with Crippen molar-refractivity contribution < 1.29 is 4.79 Å². The number of Topliss-reactive ketones (excluding diaryl/α,β-unsaturated/α-hetero) is 1. The number of carbonyl (C=O) groups excluding carboxylic acids is 1. The highest BCUT2D eigenvalue weighted by atomic mass is 32.2. The van der Waals surface area contributed by atoms with E-state index in [2.05, 4.69) is 49.7 Å². The van der Waals surface area contributed by atoms with Crippen LogP contribution in [0, 0.1) is 0 Å². The minimum Gasteiger partial charge on any atom is -0.384 e. The Morgan fingerprint density at radius 1 is 1.14 bits per heavy atom. The van der Waals surface area contributed by atoms with Crippen molar-refractivity contribution in [3.8, 4) is 11.4 Å². The molecule has 186 valence electrons. The molecule has 0 saturated carbocycles. The first-order valence-electron chi connectivity index (χ1n) is 11.4. The molecule has 0 radical (unpaired) electrons. The van der Waals surface area contributed by atoms with Crippen molar-refractivity contribution in [3.63, 3.8) is 0 Å². The molecule has 2 aromatic heterocycles. The Hall–Kier alpha value is -3.40. The summed E-state index contributed by atoms with van der Waals surface area (Å²) in [6, 6.07) is 8.15. The molecule has 0 atom stereocenters. The second kappa shape index (κ2) is 10.5. The second-order valence-electron chi connectivity index (χ2n) is 9.30. The van der Waals surface area contributed by atoms with Crippen LogP contribution in [-0.2, 0) is 25.6 Å². The summed E-state index contributed by atoms with van der Waals surface area (Å²) in [6.45, 7) is 12.9. The van der Waals surface area contributed by atoms with E-state index >= 15 is 0 Å². The molecule has 10 heteroatoms. The second-order valence-corrected chi connectivity index (χ2v) is 10.2. The number of rotatable bonds is 9. The molecule has 2 N–H and O–H groups in total. The van der Waals surface area contributed by atoms with Gasteiger partial charge in [0.15, 0.2) is 16.8 Å². The van der Waals surface area contributed by atoms with Crippen molar-refractivity contribution in [2.24, 2.45) is 7.05 Å². The lowest BCUT2D eigenvalue weighted by molar-refractivity contribution is 0.102. The Kier molecular flexibility index (Phi) is 7.84. The largest absolute Gasteiger partial charge is 0.384 e. The number of allylic oxidation sites excluding steroid dienone is 1. The lowest BCUT2D eigenvalue weighted by Gasteiger charge is -2.19. The zero-order valence-electron chi connectivity index (χ0n) is 20.9. The van der Waals surface area contributed by atoms with Gasteiger partial charge in [0.25, 0.3) is 5.56 Å². The Labute approximate surface area is 208 Å². The van der Waals surface area contributed by atoms with E-state index in [1.54, 1.807) is 6.08 Å². The van der Waals surface area contributed by atoms with Crippen molar-refractivity contribution >= 4 is 23.4 Å². The topological polar surface area (TPSA) is 118 Å². The number of nitrogen functional groups attached to an aromatic ring is 1. The zero-order chi connectivity index (χ0) is 25.9. The average molecular weight is 497 g/mol. The number of nitrogens with two attached hydrogens (primary N) is 1. The van der Waals surface area contributed by atoms with Crippen LogP contribution in [0.3, 0.4) is 0 Å². The summed E-state index contributed by atoms with van der Waals surface area (Å²) >= 11 is 1.16. The Morgan fingerprint density at radius 2 is 1.80 bits per heavy atom. The molecule has 0 aliphatic carbocycles. The molecular formula is C25H32N6O3S. The standard InChI is InChI=1S/C25H32N6O3S/c1-7-13-30-20(26)19(22(33)29(6)24(30)34)18(32)15-35-23-28-27-21(31(23)14-8-2)16-9-11-17(12-10-16)25(3,4)5/h8-12H,2,7,13-15,26H2,1,3-6H3. The van der Waals surface area contributed by atoms with Gasteiger partial charge in [-0.05, 0) is 17.4 Å². The molecule has 1 aromatic carbocycles. The van der Waals surface area contributed by atoms with Crippen LogP contribution in [0.25, 0.3) is 11.4 Å². The van der Waals surface area contributed by atoms with E-state index in [1.165, 1.54) is 17.2 Å². The smallest absolute Gasteiger partial charge is 0.332 e. The van der Waals surface area contributed by atoms with Gasteiger partial charge in [-0.25, -0.2) is 4.79 Å². The fraction of sp³-hybridized carbons (Fsp3) is 0.400. The van der Waals surface area contributed by atoms with Gasteiger partial charge in [0.1, 0.15) is 11.4 Å². The van der Waals surface area contributed by atoms with Gasteiger partial charge >= 0.3 is 5.69 Å². The van der Waals surface area contributed by atoms with Crippen LogP contribution in [0.4, 0.5) is 5.82 Å². The third-order valence-electron chi connectivity index (χ3n) is 5.68. The number of anilines is 1. The van der Waals surface area contributed by atoms with Gasteiger partial charge in [0.05, 0.1) is 5.75 Å². The third kappa shape index (κ3) is 5.32. The van der Waals surface area contributed by atoms with Crippen LogP contribution in [0.5, 0.6) is 0 Å². The molecule has 0 aliphatic heterocycles. The van der Waals surface area contributed by atoms with Crippen molar-refractivity contribution in [3.05, 3.63) is 68.9 Å². The lowest BCUT2D eigenvalue weighted by atomic mass is 9.87. The molecular weight excluding hydrogens is 464 g/mol. The highest BCUT2D eigenvalue weighted by Crippen LogP contribution is 2.28. The molecule has 0 unspecified atom stereocenters. The first kappa shape index (κ1) is 26.2. The van der Waals surface area contributed by atoms with Crippen LogP contribution in [0.2, 0.25) is 0 Å². The van der Waals surface area contributed by atoms with Crippen molar-refractivity contribution in [2.75, 3.05) is 11.5 Å². The van der Waals surface area contributed by atoms with Gasteiger partial charge in [-0.15, -0.1) is 16.8 Å². The molecule has 0 spiro atoms. The minimum absolute atomic E-state index is 0.0349. The molecule has 0 aliphatic rings. The number of hydrogen-bond acceptors (Lipinski definition) is 7.